The van der Waals surface area contributed by atoms with Gasteiger partial charge in [-0.3, -0.25) is 9.97 Å². The van der Waals surface area contributed by atoms with E-state index in [0.29, 0.717) is 0 Å². The summed E-state index contributed by atoms with van der Waals surface area (Å²) in [7, 11) is 0. The van der Waals surface area contributed by atoms with Gasteiger partial charge in [-0.1, -0.05) is 36.4 Å². The monoisotopic (exact) mass is 728 g/mol. The van der Waals surface area contributed by atoms with Crippen molar-refractivity contribution < 1.29 is 24.5 Å². The van der Waals surface area contributed by atoms with Crippen molar-refractivity contribution in [1.82, 2.24) is 24.1 Å². The van der Waals surface area contributed by atoms with E-state index in [0.717, 1.165) is 39.6 Å². The fourth-order valence-corrected chi connectivity index (χ4v) is 5.20. The van der Waals surface area contributed by atoms with E-state index in [-0.39, 0.29) is 20.1 Å². The first-order valence-electron chi connectivity index (χ1n) is 13.4. The third-order valence-electron chi connectivity index (χ3n) is 7.10. The Bertz CT molecular complexity index is 1910. The zero-order valence-corrected chi connectivity index (χ0v) is 26.2. The van der Waals surface area contributed by atoms with Gasteiger partial charge in [0.2, 0.25) is 0 Å². The van der Waals surface area contributed by atoms with E-state index in [1.807, 2.05) is 55.1 Å². The number of hydrogen-bond acceptors (Lipinski definition) is 4. The number of aromatic nitrogens is 5. The molecule has 42 heavy (non-hydrogen) atoms. The van der Waals surface area contributed by atoms with Gasteiger partial charge in [0.15, 0.2) is 6.39 Å². The molecular weight excluding hydrogens is 699 g/mol. The molecule has 0 N–H and O–H groups in total. The predicted octanol–water partition coefficient (Wildman–Crippen LogP) is 8.05. The molecule has 7 aromatic rings. The number of hydrogen-bond donors (Lipinski definition) is 0. The molecular formula is C35H29IrN5O-2. The summed E-state index contributed by atoms with van der Waals surface area (Å²) in [5.41, 5.74) is 10.7. The number of aryl methyl sites for hydroxylation is 4. The Labute approximate surface area is 259 Å². The van der Waals surface area contributed by atoms with Crippen LogP contribution in [0, 0.1) is 39.8 Å². The Kier molecular flexibility index (Phi) is 8.62. The van der Waals surface area contributed by atoms with Gasteiger partial charge in [0.1, 0.15) is 0 Å². The quantitative estimate of drug-likeness (QED) is 0.172. The van der Waals surface area contributed by atoms with Gasteiger partial charge in [-0.2, -0.15) is 0 Å². The van der Waals surface area contributed by atoms with Crippen molar-refractivity contribution in [3.8, 4) is 34.2 Å². The van der Waals surface area contributed by atoms with Gasteiger partial charge in [0, 0.05) is 61.8 Å². The van der Waals surface area contributed by atoms with E-state index in [9.17, 15) is 0 Å². The van der Waals surface area contributed by atoms with Crippen molar-refractivity contribution in [1.29, 1.82) is 0 Å². The number of nitrogens with zero attached hydrogens (tertiary/aromatic N) is 5. The number of rotatable bonds is 4. The number of para-hydroxylation sites is 2. The number of benzene rings is 4. The SMILES string of the molecule is Cc1cccc(C)c1-n1ccnc1-c1[c-]cc2ocnc2c1.Cc1cccc(C)c1-n1ccnc1-c1[c-]cccc1.[Ir]. The minimum absolute atomic E-state index is 0. The Morgan fingerprint density at radius 2 is 1.21 bits per heavy atom. The second-order valence-electron chi connectivity index (χ2n) is 9.95. The molecule has 3 heterocycles. The van der Waals surface area contributed by atoms with Crippen molar-refractivity contribution >= 4 is 11.1 Å². The van der Waals surface area contributed by atoms with E-state index >= 15 is 0 Å². The zero-order chi connectivity index (χ0) is 28.3. The molecule has 0 amide bonds. The second kappa shape index (κ2) is 12.5. The van der Waals surface area contributed by atoms with Crippen LogP contribution in [0.3, 0.4) is 0 Å². The van der Waals surface area contributed by atoms with E-state index in [1.165, 1.54) is 34.3 Å². The molecule has 0 aliphatic carbocycles. The molecule has 1 radical (unpaired) electrons. The summed E-state index contributed by atoms with van der Waals surface area (Å²) in [4.78, 5) is 13.2. The van der Waals surface area contributed by atoms with Gasteiger partial charge >= 0.3 is 0 Å². The van der Waals surface area contributed by atoms with Crippen LogP contribution in [0.4, 0.5) is 0 Å². The summed E-state index contributed by atoms with van der Waals surface area (Å²) >= 11 is 0. The molecule has 0 atom stereocenters. The van der Waals surface area contributed by atoms with E-state index in [2.05, 4.69) is 100 Å². The molecule has 0 aliphatic rings. The first kappa shape index (κ1) is 28.9. The third kappa shape index (κ3) is 5.62. The summed E-state index contributed by atoms with van der Waals surface area (Å²) in [6, 6.07) is 30.8. The maximum absolute atomic E-state index is 5.27. The molecule has 7 rings (SSSR count). The zero-order valence-electron chi connectivity index (χ0n) is 23.8. The molecule has 0 spiro atoms. The van der Waals surface area contributed by atoms with Crippen LogP contribution in [0.5, 0.6) is 0 Å². The topological polar surface area (TPSA) is 61.7 Å². The van der Waals surface area contributed by atoms with Crippen LogP contribution in [0.2, 0.25) is 0 Å². The molecule has 6 nitrogen and oxygen atoms in total. The van der Waals surface area contributed by atoms with Gasteiger partial charge in [-0.25, -0.2) is 4.98 Å². The normalized spacial score (nSPS) is 10.7. The fourth-order valence-electron chi connectivity index (χ4n) is 5.20. The maximum atomic E-state index is 5.27. The first-order chi connectivity index (χ1) is 20.0. The molecule has 3 aromatic heterocycles. The summed E-state index contributed by atoms with van der Waals surface area (Å²) in [5.74, 6) is 1.78. The van der Waals surface area contributed by atoms with Crippen LogP contribution in [-0.4, -0.2) is 24.1 Å². The predicted molar refractivity (Wildman–Crippen MR) is 162 cm³/mol. The van der Waals surface area contributed by atoms with Gasteiger partial charge < -0.3 is 13.6 Å². The van der Waals surface area contributed by atoms with Crippen molar-refractivity contribution in [2.75, 3.05) is 0 Å². The Balaban J connectivity index is 0.000000166. The minimum Gasteiger partial charge on any atom is -0.490 e. The van der Waals surface area contributed by atoms with Crippen LogP contribution in [0.15, 0.2) is 108 Å². The van der Waals surface area contributed by atoms with Gasteiger partial charge in [-0.05, 0) is 49.9 Å². The molecule has 0 unspecified atom stereocenters. The molecule has 4 aromatic carbocycles. The van der Waals surface area contributed by atoms with Crippen LogP contribution >= 0.6 is 0 Å². The van der Waals surface area contributed by atoms with Crippen LogP contribution in [0.25, 0.3) is 45.3 Å². The maximum Gasteiger partial charge on any atom is 0.169 e. The van der Waals surface area contributed by atoms with E-state index in [4.69, 9.17) is 4.42 Å². The van der Waals surface area contributed by atoms with Crippen molar-refractivity contribution in [2.24, 2.45) is 0 Å². The Hall–Kier alpha value is -4.58. The minimum atomic E-state index is 0. The molecule has 211 valence electrons. The molecule has 7 heteroatoms. The summed E-state index contributed by atoms with van der Waals surface area (Å²) in [6.07, 6.45) is 9.07. The van der Waals surface area contributed by atoms with Crippen LogP contribution in [-0.2, 0) is 20.1 Å². The fraction of sp³-hybridized carbons (Fsp3) is 0.114. The van der Waals surface area contributed by atoms with E-state index < -0.39 is 0 Å². The van der Waals surface area contributed by atoms with E-state index in [1.54, 1.807) is 6.07 Å². The van der Waals surface area contributed by atoms with Gasteiger partial charge in [0.25, 0.3) is 0 Å². The molecule has 0 saturated heterocycles. The second-order valence-corrected chi connectivity index (χ2v) is 9.95. The van der Waals surface area contributed by atoms with Crippen molar-refractivity contribution in [2.45, 2.75) is 27.7 Å². The number of oxazole rings is 1. The smallest absolute Gasteiger partial charge is 0.169 e. The molecule has 0 bridgehead atoms. The standard InChI is InChI=1S/C18H14N3O.C17H15N2.Ir/c1-12-4-3-5-13(2)17(12)21-9-8-19-18(21)14-6-7-16-15(10-14)20-11-22-16;1-13-7-6-8-14(2)16(13)19-12-11-18-17(19)15-9-4-3-5-10-15;/h3-5,7-11H,1-2H3;3-9,11-12H,1-2H3;/q2*-1;. The molecule has 0 aliphatic heterocycles. The molecule has 0 fully saturated rings. The average molecular weight is 728 g/mol. The largest absolute Gasteiger partial charge is 0.490 e. The number of fused-ring (bicyclic) bond motifs is 1. The Morgan fingerprint density at radius 3 is 1.76 bits per heavy atom. The van der Waals surface area contributed by atoms with Crippen molar-refractivity contribution in [3.05, 3.63) is 138 Å². The Morgan fingerprint density at radius 1 is 0.643 bits per heavy atom. The molecule has 0 saturated carbocycles. The third-order valence-corrected chi connectivity index (χ3v) is 7.10. The summed E-state index contributed by atoms with van der Waals surface area (Å²) < 4.78 is 9.51. The van der Waals surface area contributed by atoms with Gasteiger partial charge in [0.05, 0.1) is 17.2 Å². The van der Waals surface area contributed by atoms with Crippen LogP contribution in [0.1, 0.15) is 22.3 Å². The summed E-state index contributed by atoms with van der Waals surface area (Å²) in [5, 5.41) is 0. The van der Waals surface area contributed by atoms with Gasteiger partial charge in [-0.15, -0.1) is 59.7 Å². The number of imidazole rings is 2. The summed E-state index contributed by atoms with van der Waals surface area (Å²) in [6.45, 7) is 8.47. The average Bonchev–Trinajstić information content (AvgIpc) is 3.75. The van der Waals surface area contributed by atoms with Crippen molar-refractivity contribution in [3.63, 3.8) is 0 Å². The first-order valence-corrected chi connectivity index (χ1v) is 13.4. The van der Waals surface area contributed by atoms with Crippen LogP contribution < -0.4 is 0 Å².